The van der Waals surface area contributed by atoms with Gasteiger partial charge in [0.05, 0.1) is 11.6 Å². The number of benzene rings is 1. The predicted molar refractivity (Wildman–Crippen MR) is 75.5 cm³/mol. The lowest BCUT2D eigenvalue weighted by atomic mass is 9.74. The molecule has 0 aliphatic carbocycles. The second kappa shape index (κ2) is 5.78. The van der Waals surface area contributed by atoms with Gasteiger partial charge in [-0.25, -0.2) is 8.78 Å². The maximum Gasteiger partial charge on any atom is 0.150 e. The van der Waals surface area contributed by atoms with Gasteiger partial charge in [0.1, 0.15) is 5.69 Å². The minimum Gasteiger partial charge on any atom is -0.367 e. The summed E-state index contributed by atoms with van der Waals surface area (Å²) in [5.41, 5.74) is 0.359. The standard InChI is InChI=1S/C16H20F2N2/c1-3-16(4-2)5-7-20(8-6-16)15-13(17)9-12(11-19)10-14(15)18/h9-10H,3-8H2,1-2H3. The number of nitrogens with zero attached hydrogens (tertiary/aromatic N) is 2. The maximum absolute atomic E-state index is 14.0. The van der Waals surface area contributed by atoms with Crippen molar-refractivity contribution < 1.29 is 8.78 Å². The molecule has 0 atom stereocenters. The van der Waals surface area contributed by atoms with Gasteiger partial charge in [-0.05, 0) is 30.4 Å². The van der Waals surface area contributed by atoms with Gasteiger partial charge in [-0.1, -0.05) is 26.7 Å². The first-order valence-corrected chi connectivity index (χ1v) is 7.19. The molecule has 0 radical (unpaired) electrons. The highest BCUT2D eigenvalue weighted by Crippen LogP contribution is 2.40. The summed E-state index contributed by atoms with van der Waals surface area (Å²) in [6, 6.07) is 3.99. The van der Waals surface area contributed by atoms with Crippen molar-refractivity contribution in [3.05, 3.63) is 29.3 Å². The number of rotatable bonds is 3. The van der Waals surface area contributed by atoms with Gasteiger partial charge in [-0.15, -0.1) is 0 Å². The lowest BCUT2D eigenvalue weighted by molar-refractivity contribution is 0.198. The van der Waals surface area contributed by atoms with Crippen LogP contribution in [-0.2, 0) is 0 Å². The Labute approximate surface area is 119 Å². The van der Waals surface area contributed by atoms with Crippen LogP contribution in [0.5, 0.6) is 0 Å². The molecule has 1 saturated heterocycles. The van der Waals surface area contributed by atoms with Gasteiger partial charge in [0.15, 0.2) is 11.6 Å². The van der Waals surface area contributed by atoms with Crippen LogP contribution in [0.3, 0.4) is 0 Å². The van der Waals surface area contributed by atoms with Crippen LogP contribution in [0.1, 0.15) is 45.1 Å². The summed E-state index contributed by atoms with van der Waals surface area (Å²) in [6.07, 6.45) is 4.13. The minimum atomic E-state index is -0.637. The van der Waals surface area contributed by atoms with Crippen molar-refractivity contribution in [3.8, 4) is 6.07 Å². The number of hydrogen-bond acceptors (Lipinski definition) is 2. The molecule has 0 unspecified atom stereocenters. The molecule has 1 aliphatic rings. The quantitative estimate of drug-likeness (QED) is 0.826. The molecule has 20 heavy (non-hydrogen) atoms. The fraction of sp³-hybridized carbons (Fsp3) is 0.562. The first-order valence-electron chi connectivity index (χ1n) is 7.19. The molecule has 0 amide bonds. The normalized spacial score (nSPS) is 17.9. The van der Waals surface area contributed by atoms with E-state index in [2.05, 4.69) is 13.8 Å². The molecule has 0 saturated carbocycles. The molecule has 0 N–H and O–H groups in total. The van der Waals surface area contributed by atoms with Gasteiger partial charge in [-0.3, -0.25) is 0 Å². The molecular formula is C16H20F2N2. The summed E-state index contributed by atoms with van der Waals surface area (Å²) in [4.78, 5) is 1.77. The highest BCUT2D eigenvalue weighted by atomic mass is 19.1. The highest BCUT2D eigenvalue weighted by Gasteiger charge is 2.32. The number of halogens is 2. The average Bonchev–Trinajstić information content (AvgIpc) is 2.47. The third-order valence-corrected chi connectivity index (χ3v) is 4.79. The summed E-state index contributed by atoms with van der Waals surface area (Å²) in [6.45, 7) is 5.70. The molecule has 1 fully saturated rings. The second-order valence-electron chi connectivity index (χ2n) is 5.59. The van der Waals surface area contributed by atoms with E-state index in [-0.39, 0.29) is 11.3 Å². The number of anilines is 1. The molecule has 0 aromatic heterocycles. The number of nitriles is 1. The second-order valence-corrected chi connectivity index (χ2v) is 5.59. The van der Waals surface area contributed by atoms with Gasteiger partial charge < -0.3 is 4.90 Å². The van der Waals surface area contributed by atoms with Crippen LogP contribution in [0.4, 0.5) is 14.5 Å². The van der Waals surface area contributed by atoms with Crippen LogP contribution in [0.15, 0.2) is 12.1 Å². The lowest BCUT2D eigenvalue weighted by Gasteiger charge is -2.42. The predicted octanol–water partition coefficient (Wildman–Crippen LogP) is 4.24. The van der Waals surface area contributed by atoms with E-state index in [1.165, 1.54) is 0 Å². The Morgan fingerprint density at radius 1 is 1.15 bits per heavy atom. The van der Waals surface area contributed by atoms with Crippen LogP contribution in [0.25, 0.3) is 0 Å². The van der Waals surface area contributed by atoms with Crippen molar-refractivity contribution in [2.24, 2.45) is 5.41 Å². The Hall–Kier alpha value is -1.63. The van der Waals surface area contributed by atoms with Crippen molar-refractivity contribution in [3.63, 3.8) is 0 Å². The molecular weight excluding hydrogens is 258 g/mol. The fourth-order valence-electron chi connectivity index (χ4n) is 3.09. The van der Waals surface area contributed by atoms with Crippen LogP contribution in [0, 0.1) is 28.4 Å². The summed E-state index contributed by atoms with van der Waals surface area (Å²) >= 11 is 0. The first-order chi connectivity index (χ1) is 9.55. The molecule has 1 aliphatic heterocycles. The molecule has 2 rings (SSSR count). The van der Waals surface area contributed by atoms with E-state index >= 15 is 0 Å². The molecule has 2 nitrogen and oxygen atoms in total. The molecule has 1 aromatic carbocycles. The van der Waals surface area contributed by atoms with E-state index in [9.17, 15) is 8.78 Å². The summed E-state index contributed by atoms with van der Waals surface area (Å²) in [7, 11) is 0. The largest absolute Gasteiger partial charge is 0.367 e. The Kier molecular flexibility index (Phi) is 4.27. The Bertz CT molecular complexity index is 497. The topological polar surface area (TPSA) is 27.0 Å². The number of hydrogen-bond donors (Lipinski definition) is 0. The van der Waals surface area contributed by atoms with E-state index in [0.29, 0.717) is 18.5 Å². The Balaban J connectivity index is 2.21. The highest BCUT2D eigenvalue weighted by molar-refractivity contribution is 5.53. The summed E-state index contributed by atoms with van der Waals surface area (Å²) in [5.74, 6) is -1.27. The molecule has 4 heteroatoms. The number of piperidine rings is 1. The van der Waals surface area contributed by atoms with Gasteiger partial charge in [0, 0.05) is 13.1 Å². The van der Waals surface area contributed by atoms with E-state index in [4.69, 9.17) is 5.26 Å². The summed E-state index contributed by atoms with van der Waals surface area (Å²) in [5, 5.41) is 8.72. The van der Waals surface area contributed by atoms with Crippen LogP contribution in [0.2, 0.25) is 0 Å². The SMILES string of the molecule is CCC1(CC)CCN(c2c(F)cc(C#N)cc2F)CC1. The zero-order valence-electron chi connectivity index (χ0n) is 12.0. The maximum atomic E-state index is 14.0. The molecule has 1 aromatic rings. The van der Waals surface area contributed by atoms with Gasteiger partial charge >= 0.3 is 0 Å². The van der Waals surface area contributed by atoms with Crippen molar-refractivity contribution in [1.82, 2.24) is 0 Å². The van der Waals surface area contributed by atoms with Crippen molar-refractivity contribution in [1.29, 1.82) is 5.26 Å². The van der Waals surface area contributed by atoms with Crippen molar-refractivity contribution in [2.75, 3.05) is 18.0 Å². The zero-order chi connectivity index (χ0) is 14.8. The van der Waals surface area contributed by atoms with Crippen LogP contribution < -0.4 is 4.90 Å². The van der Waals surface area contributed by atoms with Crippen LogP contribution in [-0.4, -0.2) is 13.1 Å². The Morgan fingerprint density at radius 2 is 1.65 bits per heavy atom. The fourth-order valence-corrected chi connectivity index (χ4v) is 3.09. The van der Waals surface area contributed by atoms with Crippen molar-refractivity contribution in [2.45, 2.75) is 39.5 Å². The summed E-state index contributed by atoms with van der Waals surface area (Å²) < 4.78 is 28.0. The zero-order valence-corrected chi connectivity index (χ0v) is 12.0. The third kappa shape index (κ3) is 2.63. The third-order valence-electron chi connectivity index (χ3n) is 4.79. The van der Waals surface area contributed by atoms with Gasteiger partial charge in [0.25, 0.3) is 0 Å². The monoisotopic (exact) mass is 278 g/mol. The smallest absolute Gasteiger partial charge is 0.150 e. The van der Waals surface area contributed by atoms with E-state index < -0.39 is 11.6 Å². The van der Waals surface area contributed by atoms with E-state index in [1.807, 2.05) is 0 Å². The van der Waals surface area contributed by atoms with Crippen LogP contribution >= 0.6 is 0 Å². The van der Waals surface area contributed by atoms with Gasteiger partial charge in [0.2, 0.25) is 0 Å². The lowest BCUT2D eigenvalue weighted by Crippen LogP contribution is -2.40. The van der Waals surface area contributed by atoms with Gasteiger partial charge in [-0.2, -0.15) is 5.26 Å². The average molecular weight is 278 g/mol. The molecule has 0 spiro atoms. The van der Waals surface area contributed by atoms with E-state index in [1.54, 1.807) is 11.0 Å². The molecule has 0 bridgehead atoms. The van der Waals surface area contributed by atoms with E-state index in [0.717, 1.165) is 37.8 Å². The Morgan fingerprint density at radius 3 is 2.05 bits per heavy atom. The minimum absolute atomic E-state index is 0.0183. The van der Waals surface area contributed by atoms with Crippen molar-refractivity contribution >= 4 is 5.69 Å². The first kappa shape index (κ1) is 14.8. The molecule has 108 valence electrons. The molecule has 1 heterocycles.